The second-order valence-corrected chi connectivity index (χ2v) is 6.52. The van der Waals surface area contributed by atoms with Crippen LogP contribution in [0, 0.1) is 5.92 Å². The zero-order valence-corrected chi connectivity index (χ0v) is 15.5. The molecule has 0 aliphatic heterocycles. The monoisotopic (exact) mass is 350 g/mol. The third kappa shape index (κ3) is 4.86. The number of halogens is 1. The van der Waals surface area contributed by atoms with Crippen LogP contribution in [-0.2, 0) is 6.54 Å². The minimum Gasteiger partial charge on any atom is -0.467 e. The van der Waals surface area contributed by atoms with Gasteiger partial charge in [-0.1, -0.05) is 52.0 Å². The maximum Gasteiger partial charge on any atom is 0.255 e. The van der Waals surface area contributed by atoms with E-state index < -0.39 is 0 Å². The van der Waals surface area contributed by atoms with Crippen molar-refractivity contribution in [2.75, 3.05) is 0 Å². The van der Waals surface area contributed by atoms with Gasteiger partial charge in [0.15, 0.2) is 0 Å². The van der Waals surface area contributed by atoms with Gasteiger partial charge in [-0.2, -0.15) is 0 Å². The van der Waals surface area contributed by atoms with E-state index in [0.29, 0.717) is 17.2 Å². The van der Waals surface area contributed by atoms with E-state index in [2.05, 4.69) is 57.3 Å². The molecule has 0 fully saturated rings. The van der Waals surface area contributed by atoms with Gasteiger partial charge in [0, 0.05) is 0 Å². The number of carbonyl (C=O) groups is 1. The van der Waals surface area contributed by atoms with E-state index >= 15 is 0 Å². The van der Waals surface area contributed by atoms with Gasteiger partial charge in [-0.15, -0.1) is 12.4 Å². The summed E-state index contributed by atoms with van der Waals surface area (Å²) in [6.07, 6.45) is 1.46. The predicted molar refractivity (Wildman–Crippen MR) is 99.4 cm³/mol. The SMILES string of the molecule is CC(C)c1ccc(C(NC(=O)c2coc(CN)c2)C(C)C)cc1.Cl. The van der Waals surface area contributed by atoms with Gasteiger partial charge in [0.25, 0.3) is 5.91 Å². The van der Waals surface area contributed by atoms with Crippen molar-refractivity contribution in [3.05, 3.63) is 59.0 Å². The van der Waals surface area contributed by atoms with Crippen LogP contribution < -0.4 is 11.1 Å². The summed E-state index contributed by atoms with van der Waals surface area (Å²) in [5.41, 5.74) is 8.43. The molecule has 132 valence electrons. The van der Waals surface area contributed by atoms with Crippen molar-refractivity contribution in [1.82, 2.24) is 5.32 Å². The number of hydrogen-bond acceptors (Lipinski definition) is 3. The van der Waals surface area contributed by atoms with Crippen LogP contribution in [-0.4, -0.2) is 5.91 Å². The highest BCUT2D eigenvalue weighted by Gasteiger charge is 2.20. The Hall–Kier alpha value is -1.78. The molecule has 1 amide bonds. The Balaban J connectivity index is 0.00000288. The molecule has 5 heteroatoms. The van der Waals surface area contributed by atoms with Gasteiger partial charge in [-0.05, 0) is 29.0 Å². The van der Waals surface area contributed by atoms with Crippen molar-refractivity contribution in [3.63, 3.8) is 0 Å². The molecule has 24 heavy (non-hydrogen) atoms. The fraction of sp³-hybridized carbons (Fsp3) is 0.421. The van der Waals surface area contributed by atoms with Crippen LogP contribution in [0.2, 0.25) is 0 Å². The minimum absolute atomic E-state index is 0. The summed E-state index contributed by atoms with van der Waals surface area (Å²) in [7, 11) is 0. The first kappa shape index (κ1) is 20.3. The van der Waals surface area contributed by atoms with Crippen LogP contribution in [0.4, 0.5) is 0 Å². The Kier molecular flexibility index (Phi) is 7.52. The molecule has 0 saturated heterocycles. The van der Waals surface area contributed by atoms with Gasteiger partial charge in [-0.25, -0.2) is 0 Å². The Morgan fingerprint density at radius 1 is 1.12 bits per heavy atom. The summed E-state index contributed by atoms with van der Waals surface area (Å²) in [6.45, 7) is 8.83. The quantitative estimate of drug-likeness (QED) is 0.810. The molecule has 0 spiro atoms. The van der Waals surface area contributed by atoms with Gasteiger partial charge in [0.1, 0.15) is 12.0 Å². The Morgan fingerprint density at radius 3 is 2.17 bits per heavy atom. The number of nitrogens with two attached hydrogens (primary N) is 1. The van der Waals surface area contributed by atoms with E-state index in [9.17, 15) is 4.79 Å². The standard InChI is InChI=1S/C19H26N2O2.ClH/c1-12(2)14-5-7-15(8-6-14)18(13(3)4)21-19(22)16-9-17(10-20)23-11-16;/h5-9,11-13,18H,10,20H2,1-4H3,(H,21,22);1H. The zero-order valence-electron chi connectivity index (χ0n) is 14.7. The van der Waals surface area contributed by atoms with Crippen molar-refractivity contribution >= 4 is 18.3 Å². The van der Waals surface area contributed by atoms with Crippen LogP contribution in [0.5, 0.6) is 0 Å². The van der Waals surface area contributed by atoms with E-state index in [1.54, 1.807) is 6.07 Å². The molecule has 4 nitrogen and oxygen atoms in total. The van der Waals surface area contributed by atoms with Gasteiger partial charge >= 0.3 is 0 Å². The van der Waals surface area contributed by atoms with E-state index in [1.807, 2.05) is 0 Å². The average Bonchev–Trinajstić information content (AvgIpc) is 3.01. The van der Waals surface area contributed by atoms with Gasteiger partial charge < -0.3 is 15.5 Å². The lowest BCUT2D eigenvalue weighted by atomic mass is 9.93. The first-order valence-corrected chi connectivity index (χ1v) is 8.10. The molecule has 0 bridgehead atoms. The van der Waals surface area contributed by atoms with Crippen LogP contribution in [0.15, 0.2) is 41.0 Å². The molecule has 1 heterocycles. The molecule has 1 aromatic carbocycles. The minimum atomic E-state index is -0.139. The summed E-state index contributed by atoms with van der Waals surface area (Å²) >= 11 is 0. The average molecular weight is 351 g/mol. The highest BCUT2D eigenvalue weighted by atomic mass is 35.5. The third-order valence-corrected chi connectivity index (χ3v) is 4.03. The number of carbonyl (C=O) groups excluding carboxylic acids is 1. The molecular formula is C19H27ClN2O2. The van der Waals surface area contributed by atoms with Crippen LogP contribution >= 0.6 is 12.4 Å². The molecule has 1 unspecified atom stereocenters. The first-order valence-electron chi connectivity index (χ1n) is 8.10. The van der Waals surface area contributed by atoms with Crippen LogP contribution in [0.3, 0.4) is 0 Å². The van der Waals surface area contributed by atoms with E-state index in [0.717, 1.165) is 5.56 Å². The lowest BCUT2D eigenvalue weighted by Crippen LogP contribution is -2.31. The molecule has 1 atom stereocenters. The molecule has 3 N–H and O–H groups in total. The Bertz CT molecular complexity index is 648. The van der Waals surface area contributed by atoms with E-state index in [1.165, 1.54) is 11.8 Å². The Morgan fingerprint density at radius 2 is 1.71 bits per heavy atom. The largest absolute Gasteiger partial charge is 0.467 e. The third-order valence-electron chi connectivity index (χ3n) is 4.03. The fourth-order valence-electron chi connectivity index (χ4n) is 2.55. The molecule has 0 radical (unpaired) electrons. The highest BCUT2D eigenvalue weighted by molar-refractivity contribution is 5.94. The molecule has 2 aromatic rings. The number of amides is 1. The summed E-state index contributed by atoms with van der Waals surface area (Å²) in [5, 5.41) is 3.10. The van der Waals surface area contributed by atoms with Crippen molar-refractivity contribution < 1.29 is 9.21 Å². The summed E-state index contributed by atoms with van der Waals surface area (Å²) in [4.78, 5) is 12.4. The highest BCUT2D eigenvalue weighted by Crippen LogP contribution is 2.24. The maximum atomic E-state index is 12.4. The van der Waals surface area contributed by atoms with E-state index in [4.69, 9.17) is 10.2 Å². The topological polar surface area (TPSA) is 68.3 Å². The second-order valence-electron chi connectivity index (χ2n) is 6.52. The van der Waals surface area contributed by atoms with Gasteiger partial charge in [0.05, 0.1) is 18.2 Å². The molecule has 2 rings (SSSR count). The number of rotatable bonds is 6. The van der Waals surface area contributed by atoms with E-state index in [-0.39, 0.29) is 36.8 Å². The van der Waals surface area contributed by atoms with Crippen molar-refractivity contribution in [1.29, 1.82) is 0 Å². The first-order chi connectivity index (χ1) is 10.9. The van der Waals surface area contributed by atoms with Crippen molar-refractivity contribution in [3.8, 4) is 0 Å². The number of benzene rings is 1. The lowest BCUT2D eigenvalue weighted by Gasteiger charge is -2.23. The second kappa shape index (κ2) is 8.90. The predicted octanol–water partition coefficient (Wildman–Crippen LogP) is 4.41. The van der Waals surface area contributed by atoms with Gasteiger partial charge in [-0.3, -0.25) is 4.79 Å². The van der Waals surface area contributed by atoms with Crippen molar-refractivity contribution in [2.45, 2.75) is 46.2 Å². The van der Waals surface area contributed by atoms with Gasteiger partial charge in [0.2, 0.25) is 0 Å². The number of hydrogen-bond donors (Lipinski definition) is 2. The summed E-state index contributed by atoms with van der Waals surface area (Å²) in [6, 6.07) is 10.1. The molecule has 0 saturated carbocycles. The maximum absolute atomic E-state index is 12.4. The van der Waals surface area contributed by atoms with Crippen molar-refractivity contribution in [2.24, 2.45) is 11.7 Å². The molecule has 0 aliphatic carbocycles. The summed E-state index contributed by atoms with van der Waals surface area (Å²) < 4.78 is 5.24. The number of nitrogens with one attached hydrogen (secondary N) is 1. The summed E-state index contributed by atoms with van der Waals surface area (Å²) in [5.74, 6) is 1.25. The number of furan rings is 1. The smallest absolute Gasteiger partial charge is 0.255 e. The fourth-order valence-corrected chi connectivity index (χ4v) is 2.55. The normalized spacial score (nSPS) is 12.1. The molecule has 0 aliphatic rings. The van der Waals surface area contributed by atoms with Crippen LogP contribution in [0.25, 0.3) is 0 Å². The lowest BCUT2D eigenvalue weighted by molar-refractivity contribution is 0.0925. The Labute approximate surface area is 150 Å². The zero-order chi connectivity index (χ0) is 17.0. The molecular weight excluding hydrogens is 324 g/mol. The van der Waals surface area contributed by atoms with Crippen LogP contribution in [0.1, 0.15) is 66.9 Å². The molecule has 1 aromatic heterocycles.